The Morgan fingerprint density at radius 3 is 2.44 bits per heavy atom. The van der Waals surface area contributed by atoms with Crippen LogP contribution < -0.4 is 19.5 Å². The van der Waals surface area contributed by atoms with Gasteiger partial charge in [-0.05, 0) is 61.1 Å². The number of amides is 1. The van der Waals surface area contributed by atoms with Gasteiger partial charge < -0.3 is 39.2 Å². The van der Waals surface area contributed by atoms with Crippen LogP contribution in [0.5, 0.6) is 17.2 Å². The standard InChI is InChI=1S/C36H44N2O11S/c1-3-25(4-2)49-38(50(42,43)27-14-15-31-32(19-27)48-22-47-31)33(29-21-46-35-28(29)16-17-44-35)34(39)30(37-36(40)41)18-23-10-12-26(13-11-23)45-20-24-8-6-5-7-9-24/h5-15,19,25,28-30,33-35,37,39H,3-4,16-18,20-22H2,1-2H3,(H,40,41)/t28-,29+,30-,33?,34+,35+/m0/s1. The summed E-state index contributed by atoms with van der Waals surface area (Å²) in [7, 11) is -4.49. The predicted molar refractivity (Wildman–Crippen MR) is 180 cm³/mol. The van der Waals surface area contributed by atoms with E-state index < -0.39 is 52.6 Å². The summed E-state index contributed by atoms with van der Waals surface area (Å²) in [6.07, 6.45) is -2.46. The second-order valence-corrected chi connectivity index (χ2v) is 14.4. The van der Waals surface area contributed by atoms with E-state index in [0.717, 1.165) is 10.0 Å². The zero-order valence-electron chi connectivity index (χ0n) is 28.1. The molecule has 0 radical (unpaired) electrons. The lowest BCUT2D eigenvalue weighted by Crippen LogP contribution is -2.60. The quantitative estimate of drug-likeness (QED) is 0.176. The minimum atomic E-state index is -4.49. The Labute approximate surface area is 292 Å². The Morgan fingerprint density at radius 1 is 0.980 bits per heavy atom. The number of aliphatic hydroxyl groups is 1. The van der Waals surface area contributed by atoms with E-state index >= 15 is 0 Å². The third kappa shape index (κ3) is 8.01. The fourth-order valence-electron chi connectivity index (χ4n) is 6.77. The molecule has 14 heteroatoms. The summed E-state index contributed by atoms with van der Waals surface area (Å²) < 4.78 is 58.8. The van der Waals surface area contributed by atoms with Crippen molar-refractivity contribution in [1.29, 1.82) is 0 Å². The van der Waals surface area contributed by atoms with Gasteiger partial charge in [-0.2, -0.15) is 0 Å². The third-order valence-electron chi connectivity index (χ3n) is 9.51. The first kappa shape index (κ1) is 35.9. The lowest BCUT2D eigenvalue weighted by molar-refractivity contribution is -0.192. The molecule has 3 aromatic carbocycles. The van der Waals surface area contributed by atoms with E-state index in [4.69, 9.17) is 28.5 Å². The van der Waals surface area contributed by atoms with Crippen LogP contribution in [0.4, 0.5) is 4.79 Å². The van der Waals surface area contributed by atoms with E-state index in [2.05, 4.69) is 5.32 Å². The summed E-state index contributed by atoms with van der Waals surface area (Å²) in [5, 5.41) is 24.7. The van der Waals surface area contributed by atoms with Gasteiger partial charge in [0.2, 0.25) is 6.79 Å². The van der Waals surface area contributed by atoms with E-state index in [-0.39, 0.29) is 36.4 Å². The molecule has 13 nitrogen and oxygen atoms in total. The number of hydroxylamine groups is 1. The molecule has 1 unspecified atom stereocenters. The van der Waals surface area contributed by atoms with E-state index in [1.807, 2.05) is 44.2 Å². The Hall–Kier alpha value is -3.92. The Kier molecular flexibility index (Phi) is 11.5. The largest absolute Gasteiger partial charge is 0.489 e. The molecule has 3 N–H and O–H groups in total. The highest BCUT2D eigenvalue weighted by molar-refractivity contribution is 7.89. The normalized spacial score (nSPS) is 21.6. The zero-order chi connectivity index (χ0) is 35.3. The van der Waals surface area contributed by atoms with Gasteiger partial charge in [0.15, 0.2) is 17.8 Å². The Balaban J connectivity index is 1.34. The zero-order valence-corrected chi connectivity index (χ0v) is 28.9. The van der Waals surface area contributed by atoms with Crippen molar-refractivity contribution in [3.8, 4) is 17.2 Å². The molecular weight excluding hydrogens is 668 g/mol. The summed E-state index contributed by atoms with van der Waals surface area (Å²) in [5.41, 5.74) is 1.71. The van der Waals surface area contributed by atoms with Crippen LogP contribution in [0.15, 0.2) is 77.7 Å². The van der Waals surface area contributed by atoms with Crippen LogP contribution in [0.2, 0.25) is 0 Å². The maximum absolute atomic E-state index is 14.7. The van der Waals surface area contributed by atoms with E-state index in [1.54, 1.807) is 24.3 Å². The van der Waals surface area contributed by atoms with Gasteiger partial charge in [0.05, 0.1) is 42.4 Å². The van der Waals surface area contributed by atoms with Crippen molar-refractivity contribution in [3.05, 3.63) is 83.9 Å². The Morgan fingerprint density at radius 2 is 1.72 bits per heavy atom. The van der Waals surface area contributed by atoms with Crippen LogP contribution in [0, 0.1) is 11.8 Å². The first-order chi connectivity index (χ1) is 24.2. The first-order valence-corrected chi connectivity index (χ1v) is 18.4. The summed E-state index contributed by atoms with van der Waals surface area (Å²) >= 11 is 0. The number of benzene rings is 3. The van der Waals surface area contributed by atoms with Crippen molar-refractivity contribution in [2.75, 3.05) is 20.0 Å². The number of carbonyl (C=O) groups is 1. The second kappa shape index (κ2) is 16.0. The summed E-state index contributed by atoms with van der Waals surface area (Å²) in [6, 6.07) is 18.7. The average Bonchev–Trinajstić information content (AvgIpc) is 3.88. The molecule has 3 heterocycles. The number of ether oxygens (including phenoxy) is 5. The lowest BCUT2D eigenvalue weighted by atomic mass is 9.82. The molecule has 3 aromatic rings. The molecule has 0 aromatic heterocycles. The Bertz CT molecular complexity index is 1690. The molecule has 0 spiro atoms. The molecule has 2 fully saturated rings. The molecule has 3 aliphatic heterocycles. The summed E-state index contributed by atoms with van der Waals surface area (Å²) in [4.78, 5) is 18.4. The number of aliphatic hydroxyl groups excluding tert-OH is 1. The van der Waals surface area contributed by atoms with Crippen molar-refractivity contribution >= 4 is 16.1 Å². The summed E-state index contributed by atoms with van der Waals surface area (Å²) in [5.74, 6) is 0.434. The van der Waals surface area contributed by atoms with E-state index in [0.29, 0.717) is 49.5 Å². The molecule has 50 heavy (non-hydrogen) atoms. The van der Waals surface area contributed by atoms with E-state index in [9.17, 15) is 23.4 Å². The van der Waals surface area contributed by atoms with Gasteiger partial charge in [-0.1, -0.05) is 60.8 Å². The van der Waals surface area contributed by atoms with Crippen LogP contribution >= 0.6 is 0 Å². The first-order valence-electron chi connectivity index (χ1n) is 16.9. The molecular formula is C36H44N2O11S. The highest BCUT2D eigenvalue weighted by Crippen LogP contribution is 2.43. The number of fused-ring (bicyclic) bond motifs is 2. The van der Waals surface area contributed by atoms with Crippen LogP contribution in [-0.2, 0) is 37.4 Å². The maximum Gasteiger partial charge on any atom is 0.404 e. The minimum absolute atomic E-state index is 0.0424. The molecule has 270 valence electrons. The second-order valence-electron chi connectivity index (χ2n) is 12.7. The van der Waals surface area contributed by atoms with Gasteiger partial charge >= 0.3 is 6.09 Å². The number of carboxylic acid groups (broad SMARTS) is 1. The molecule has 1 amide bonds. The van der Waals surface area contributed by atoms with Crippen molar-refractivity contribution in [2.24, 2.45) is 11.8 Å². The highest BCUT2D eigenvalue weighted by atomic mass is 32.2. The van der Waals surface area contributed by atoms with Crippen molar-refractivity contribution < 1.29 is 51.9 Å². The van der Waals surface area contributed by atoms with Gasteiger partial charge in [0.25, 0.3) is 10.0 Å². The molecule has 3 aliphatic rings. The van der Waals surface area contributed by atoms with Crippen molar-refractivity contribution in [1.82, 2.24) is 9.79 Å². The molecule has 2 saturated heterocycles. The maximum atomic E-state index is 14.7. The topological polar surface area (TPSA) is 162 Å². The van der Waals surface area contributed by atoms with Crippen LogP contribution in [0.3, 0.4) is 0 Å². The van der Waals surface area contributed by atoms with Crippen LogP contribution in [-0.4, -0.2) is 79.8 Å². The fraction of sp³-hybridized carbons (Fsp3) is 0.472. The average molecular weight is 713 g/mol. The van der Waals surface area contributed by atoms with Crippen molar-refractivity contribution in [3.63, 3.8) is 0 Å². The molecule has 6 atom stereocenters. The third-order valence-corrected chi connectivity index (χ3v) is 11.2. The number of sulfonamides is 1. The predicted octanol–water partition coefficient (Wildman–Crippen LogP) is 4.72. The molecule has 0 saturated carbocycles. The van der Waals surface area contributed by atoms with Gasteiger partial charge in [-0.25, -0.2) is 13.2 Å². The van der Waals surface area contributed by atoms with E-state index in [1.165, 1.54) is 18.2 Å². The number of hydrogen-bond donors (Lipinski definition) is 3. The van der Waals surface area contributed by atoms with Gasteiger partial charge in [0.1, 0.15) is 12.4 Å². The van der Waals surface area contributed by atoms with Gasteiger partial charge in [-0.3, -0.25) is 4.84 Å². The lowest BCUT2D eigenvalue weighted by Gasteiger charge is -2.41. The molecule has 6 rings (SSSR count). The van der Waals surface area contributed by atoms with Gasteiger partial charge in [0, 0.05) is 17.9 Å². The monoisotopic (exact) mass is 712 g/mol. The summed E-state index contributed by atoms with van der Waals surface area (Å²) in [6.45, 7) is 4.58. The number of nitrogens with one attached hydrogen (secondary N) is 1. The molecule has 0 bridgehead atoms. The fourth-order valence-corrected chi connectivity index (χ4v) is 8.31. The SMILES string of the molecule is CCC(CC)ON(C([C@H](O)[C@H](Cc1ccc(OCc2ccccc2)cc1)NC(=O)O)[C@@H]1CO[C@H]2OCC[C@H]21)S(=O)(=O)c1ccc2c(c1)OCO2. The van der Waals surface area contributed by atoms with Crippen molar-refractivity contribution in [2.45, 2.75) is 81.6 Å². The van der Waals surface area contributed by atoms with Crippen LogP contribution in [0.1, 0.15) is 44.2 Å². The highest BCUT2D eigenvalue weighted by Gasteiger charge is 2.53. The van der Waals surface area contributed by atoms with Gasteiger partial charge in [-0.15, -0.1) is 0 Å². The van der Waals surface area contributed by atoms with Crippen LogP contribution in [0.25, 0.3) is 0 Å². The number of hydrogen-bond acceptors (Lipinski definition) is 10. The smallest absolute Gasteiger partial charge is 0.404 e. The number of nitrogens with zero attached hydrogens (tertiary/aromatic N) is 1. The number of rotatable bonds is 16. The minimum Gasteiger partial charge on any atom is -0.489 e. The molecule has 0 aliphatic carbocycles.